The summed E-state index contributed by atoms with van der Waals surface area (Å²) in [6, 6.07) is 27.4. The van der Waals surface area contributed by atoms with Crippen molar-refractivity contribution in [3.05, 3.63) is 102 Å². The van der Waals surface area contributed by atoms with Crippen molar-refractivity contribution in [3.8, 4) is 0 Å². The van der Waals surface area contributed by atoms with E-state index in [1.54, 1.807) is 4.90 Å². The van der Waals surface area contributed by atoms with Crippen LogP contribution in [0.15, 0.2) is 84.9 Å². The lowest BCUT2D eigenvalue weighted by Gasteiger charge is -2.23. The summed E-state index contributed by atoms with van der Waals surface area (Å²) >= 11 is 0. The molecule has 0 unspecified atom stereocenters. The van der Waals surface area contributed by atoms with Crippen LogP contribution in [0.5, 0.6) is 0 Å². The summed E-state index contributed by atoms with van der Waals surface area (Å²) < 4.78 is 5.06. The van der Waals surface area contributed by atoms with Gasteiger partial charge in [0.05, 0.1) is 13.0 Å². The van der Waals surface area contributed by atoms with E-state index in [2.05, 4.69) is 5.32 Å². The summed E-state index contributed by atoms with van der Waals surface area (Å²) in [6.07, 6.45) is 1.06. The fourth-order valence-electron chi connectivity index (χ4n) is 3.36. The molecule has 0 saturated heterocycles. The molecular formula is C26H28N2O3. The Morgan fingerprint density at radius 1 is 0.839 bits per heavy atom. The molecule has 3 aromatic rings. The maximum atomic E-state index is 12.7. The number of rotatable bonds is 10. The van der Waals surface area contributed by atoms with E-state index in [1.165, 1.54) is 12.7 Å². The molecule has 0 aliphatic rings. The molecule has 3 aromatic carbocycles. The van der Waals surface area contributed by atoms with Gasteiger partial charge in [0.15, 0.2) is 0 Å². The minimum Gasteiger partial charge on any atom is -0.375 e. The largest absolute Gasteiger partial charge is 0.375 e. The molecule has 0 radical (unpaired) electrons. The van der Waals surface area contributed by atoms with Crippen LogP contribution < -0.4 is 10.2 Å². The Labute approximate surface area is 183 Å². The summed E-state index contributed by atoms with van der Waals surface area (Å²) in [5.74, 6) is -0.165. The SMILES string of the molecule is COCC(=O)N(Cc1ccccc1)c1cccc(CC(=O)NCCc2ccccc2)c1. The van der Waals surface area contributed by atoms with Crippen molar-refractivity contribution < 1.29 is 14.3 Å². The van der Waals surface area contributed by atoms with Crippen LogP contribution in [0.4, 0.5) is 5.69 Å². The average Bonchev–Trinajstić information content (AvgIpc) is 2.79. The number of methoxy groups -OCH3 is 1. The Balaban J connectivity index is 1.64. The summed E-state index contributed by atoms with van der Waals surface area (Å²) in [7, 11) is 1.51. The number of nitrogens with one attached hydrogen (secondary N) is 1. The second-order valence-corrected chi connectivity index (χ2v) is 7.33. The van der Waals surface area contributed by atoms with Crippen molar-refractivity contribution in [1.29, 1.82) is 0 Å². The molecule has 0 saturated carbocycles. The van der Waals surface area contributed by atoms with Crippen molar-refractivity contribution in [2.75, 3.05) is 25.2 Å². The number of benzene rings is 3. The lowest BCUT2D eigenvalue weighted by Crippen LogP contribution is -2.33. The molecule has 0 bridgehead atoms. The third-order valence-corrected chi connectivity index (χ3v) is 4.92. The number of anilines is 1. The van der Waals surface area contributed by atoms with Crippen molar-refractivity contribution in [3.63, 3.8) is 0 Å². The first-order chi connectivity index (χ1) is 15.2. The van der Waals surface area contributed by atoms with Crippen molar-refractivity contribution >= 4 is 17.5 Å². The third kappa shape index (κ3) is 7.08. The lowest BCUT2D eigenvalue weighted by atomic mass is 10.1. The van der Waals surface area contributed by atoms with Gasteiger partial charge in [-0.1, -0.05) is 72.8 Å². The maximum absolute atomic E-state index is 12.7. The summed E-state index contributed by atoms with van der Waals surface area (Å²) in [4.78, 5) is 26.8. The van der Waals surface area contributed by atoms with Gasteiger partial charge in [0.2, 0.25) is 5.91 Å². The number of nitrogens with zero attached hydrogens (tertiary/aromatic N) is 1. The highest BCUT2D eigenvalue weighted by Gasteiger charge is 2.17. The Kier molecular flexibility index (Phi) is 8.38. The van der Waals surface area contributed by atoms with Gasteiger partial charge in [-0.25, -0.2) is 0 Å². The highest BCUT2D eigenvalue weighted by molar-refractivity contribution is 5.94. The molecule has 1 N–H and O–H groups in total. The first-order valence-corrected chi connectivity index (χ1v) is 10.4. The van der Waals surface area contributed by atoms with E-state index in [1.807, 2.05) is 84.9 Å². The van der Waals surface area contributed by atoms with E-state index in [4.69, 9.17) is 4.74 Å². The first-order valence-electron chi connectivity index (χ1n) is 10.4. The van der Waals surface area contributed by atoms with Crippen LogP contribution in [0.1, 0.15) is 16.7 Å². The zero-order chi connectivity index (χ0) is 21.9. The quantitative estimate of drug-likeness (QED) is 0.547. The zero-order valence-electron chi connectivity index (χ0n) is 17.8. The van der Waals surface area contributed by atoms with E-state index in [9.17, 15) is 9.59 Å². The minimum atomic E-state index is -0.129. The number of amides is 2. The van der Waals surface area contributed by atoms with Gasteiger partial charge >= 0.3 is 0 Å². The monoisotopic (exact) mass is 416 g/mol. The van der Waals surface area contributed by atoms with Gasteiger partial charge < -0.3 is 15.0 Å². The number of ether oxygens (including phenoxy) is 1. The van der Waals surface area contributed by atoms with Crippen LogP contribution in [0, 0.1) is 0 Å². The number of carbonyl (C=O) groups is 2. The topological polar surface area (TPSA) is 58.6 Å². The van der Waals surface area contributed by atoms with Crippen LogP contribution in [-0.2, 0) is 33.7 Å². The predicted molar refractivity (Wildman–Crippen MR) is 123 cm³/mol. The zero-order valence-corrected chi connectivity index (χ0v) is 17.8. The van der Waals surface area contributed by atoms with Crippen LogP contribution >= 0.6 is 0 Å². The molecule has 0 heterocycles. The number of carbonyl (C=O) groups excluding carboxylic acids is 2. The van der Waals surface area contributed by atoms with E-state index in [0.29, 0.717) is 13.1 Å². The van der Waals surface area contributed by atoms with Gasteiger partial charge in [-0.2, -0.15) is 0 Å². The highest BCUT2D eigenvalue weighted by atomic mass is 16.5. The van der Waals surface area contributed by atoms with Crippen molar-refractivity contribution in [1.82, 2.24) is 5.32 Å². The number of hydrogen-bond acceptors (Lipinski definition) is 3. The molecule has 0 aliphatic carbocycles. The summed E-state index contributed by atoms with van der Waals surface area (Å²) in [5.41, 5.74) is 3.83. The Morgan fingerprint density at radius 3 is 2.16 bits per heavy atom. The third-order valence-electron chi connectivity index (χ3n) is 4.92. The van der Waals surface area contributed by atoms with Crippen LogP contribution in [0.25, 0.3) is 0 Å². The molecule has 160 valence electrons. The lowest BCUT2D eigenvalue weighted by molar-refractivity contribution is -0.122. The predicted octanol–water partition coefficient (Wildman–Crippen LogP) is 3.77. The molecule has 31 heavy (non-hydrogen) atoms. The molecule has 2 amide bonds. The highest BCUT2D eigenvalue weighted by Crippen LogP contribution is 2.20. The Bertz CT molecular complexity index is 974. The van der Waals surface area contributed by atoms with E-state index >= 15 is 0 Å². The molecular weight excluding hydrogens is 388 g/mol. The van der Waals surface area contributed by atoms with E-state index in [-0.39, 0.29) is 24.8 Å². The summed E-state index contributed by atoms with van der Waals surface area (Å²) in [5, 5.41) is 2.97. The fourth-order valence-corrected chi connectivity index (χ4v) is 3.36. The smallest absolute Gasteiger partial charge is 0.253 e. The van der Waals surface area contributed by atoms with Gasteiger partial charge in [-0.3, -0.25) is 9.59 Å². The van der Waals surface area contributed by atoms with Crippen molar-refractivity contribution in [2.45, 2.75) is 19.4 Å². The van der Waals surface area contributed by atoms with Crippen molar-refractivity contribution in [2.24, 2.45) is 0 Å². The van der Waals surface area contributed by atoms with Gasteiger partial charge in [0.25, 0.3) is 5.91 Å². The van der Waals surface area contributed by atoms with Gasteiger partial charge in [-0.15, -0.1) is 0 Å². The second kappa shape index (κ2) is 11.7. The molecule has 5 heteroatoms. The van der Waals surface area contributed by atoms with Gasteiger partial charge in [0, 0.05) is 19.3 Å². The number of hydrogen-bond donors (Lipinski definition) is 1. The van der Waals surface area contributed by atoms with Crippen LogP contribution in [0.3, 0.4) is 0 Å². The summed E-state index contributed by atoms with van der Waals surface area (Å²) in [6.45, 7) is 1.03. The second-order valence-electron chi connectivity index (χ2n) is 7.33. The minimum absolute atomic E-state index is 0.00294. The average molecular weight is 417 g/mol. The molecule has 0 aliphatic heterocycles. The Hall–Kier alpha value is -3.44. The van der Waals surface area contributed by atoms with Crippen LogP contribution in [-0.4, -0.2) is 32.1 Å². The van der Waals surface area contributed by atoms with Crippen LogP contribution in [0.2, 0.25) is 0 Å². The molecule has 3 rings (SSSR count). The normalized spacial score (nSPS) is 10.5. The first kappa shape index (κ1) is 22.2. The molecule has 0 spiro atoms. The fraction of sp³-hybridized carbons (Fsp3) is 0.231. The molecule has 5 nitrogen and oxygen atoms in total. The maximum Gasteiger partial charge on any atom is 0.253 e. The van der Waals surface area contributed by atoms with Gasteiger partial charge in [0.1, 0.15) is 6.61 Å². The van der Waals surface area contributed by atoms with Gasteiger partial charge in [-0.05, 0) is 35.2 Å². The Morgan fingerprint density at radius 2 is 1.48 bits per heavy atom. The van der Waals surface area contributed by atoms with E-state index in [0.717, 1.165) is 23.2 Å². The molecule has 0 aromatic heterocycles. The molecule has 0 fully saturated rings. The standard InChI is InChI=1S/C26H28N2O3/c1-31-20-26(30)28(19-22-11-6-3-7-12-22)24-14-8-13-23(17-24)18-25(29)27-16-15-21-9-4-2-5-10-21/h2-14,17H,15-16,18-20H2,1H3,(H,27,29). The van der Waals surface area contributed by atoms with E-state index < -0.39 is 0 Å². The molecule has 0 atom stereocenters.